The van der Waals surface area contributed by atoms with Crippen LogP contribution in [0, 0.1) is 17.8 Å². The van der Waals surface area contributed by atoms with E-state index in [1.807, 2.05) is 0 Å². The molecule has 3 nitrogen and oxygen atoms in total. The van der Waals surface area contributed by atoms with Crippen LogP contribution in [0.5, 0.6) is 0 Å². The van der Waals surface area contributed by atoms with Gasteiger partial charge in [0.1, 0.15) is 0 Å². The fraction of sp³-hybridized carbons (Fsp3) is 1.00. The molecule has 6 saturated carbocycles. The Labute approximate surface area is 115 Å². The van der Waals surface area contributed by atoms with E-state index >= 15 is 0 Å². The van der Waals surface area contributed by atoms with Gasteiger partial charge in [-0.15, -0.1) is 0 Å². The molecule has 2 atom stereocenters. The van der Waals surface area contributed by atoms with Gasteiger partial charge >= 0.3 is 0 Å². The van der Waals surface area contributed by atoms with Gasteiger partial charge in [0.2, 0.25) is 0 Å². The van der Waals surface area contributed by atoms with Crippen LogP contribution in [-0.4, -0.2) is 32.1 Å². The minimum atomic E-state index is -0.775. The summed E-state index contributed by atoms with van der Waals surface area (Å²) in [5.74, 6) is 2.76. The molecule has 4 bridgehead atoms. The molecule has 0 heterocycles. The highest BCUT2D eigenvalue weighted by Gasteiger charge is 2.62. The van der Waals surface area contributed by atoms with Crippen LogP contribution in [0.1, 0.15) is 64.2 Å². The zero-order valence-electron chi connectivity index (χ0n) is 11.6. The molecule has 0 aromatic heterocycles. The zero-order chi connectivity index (χ0) is 13.3. The first kappa shape index (κ1) is 12.6. The van der Waals surface area contributed by atoms with Crippen molar-refractivity contribution in [2.75, 3.05) is 0 Å². The third-order valence-electron chi connectivity index (χ3n) is 6.20. The Kier molecular flexibility index (Phi) is 2.49. The summed E-state index contributed by atoms with van der Waals surface area (Å²) >= 11 is 0. The maximum atomic E-state index is 10.1. The lowest BCUT2D eigenvalue weighted by molar-refractivity contribution is -0.253. The fourth-order valence-electron chi connectivity index (χ4n) is 5.95. The normalized spacial score (nSPS) is 60.5. The smallest absolute Gasteiger partial charge is 0.0705 e. The van der Waals surface area contributed by atoms with Gasteiger partial charge in [0.25, 0.3) is 0 Å². The molecule has 19 heavy (non-hydrogen) atoms. The van der Waals surface area contributed by atoms with Crippen LogP contribution in [0.4, 0.5) is 0 Å². The van der Waals surface area contributed by atoms with E-state index in [2.05, 4.69) is 0 Å². The highest BCUT2D eigenvalue weighted by molar-refractivity contribution is 5.15. The second kappa shape index (κ2) is 3.75. The molecule has 0 radical (unpaired) electrons. The van der Waals surface area contributed by atoms with Crippen LogP contribution in [0.25, 0.3) is 0 Å². The lowest BCUT2D eigenvalue weighted by Crippen LogP contribution is -2.65. The zero-order valence-corrected chi connectivity index (χ0v) is 11.6. The molecular formula is C16H26O3. The van der Waals surface area contributed by atoms with E-state index < -0.39 is 16.8 Å². The summed E-state index contributed by atoms with van der Waals surface area (Å²) in [6, 6.07) is 0. The predicted octanol–water partition coefficient (Wildman–Crippen LogP) is 1.98. The summed E-state index contributed by atoms with van der Waals surface area (Å²) in [5, 5.41) is 30.3. The number of fused-ring (bicyclic) bond motifs is 1. The minimum absolute atomic E-state index is 0.330. The molecule has 0 amide bonds. The van der Waals surface area contributed by atoms with Crippen LogP contribution in [-0.2, 0) is 0 Å². The Morgan fingerprint density at radius 1 is 0.684 bits per heavy atom. The predicted molar refractivity (Wildman–Crippen MR) is 71.5 cm³/mol. The summed E-state index contributed by atoms with van der Waals surface area (Å²) in [6.07, 6.45) is 9.98. The van der Waals surface area contributed by atoms with E-state index in [4.69, 9.17) is 0 Å². The van der Waals surface area contributed by atoms with E-state index in [9.17, 15) is 15.3 Å². The fourth-order valence-corrected chi connectivity index (χ4v) is 5.95. The molecule has 0 aliphatic heterocycles. The molecule has 6 aliphatic rings. The standard InChI is InChI=1S/C10H16O3.C6H10/c11-8-1-7-2-9(12,4-8)6-10(13,3-7)5-8;1-2-5-4-6(5)3-1/h7,11-13H,1-6H2;5-6H,1-4H2. The van der Waals surface area contributed by atoms with Gasteiger partial charge in [-0.25, -0.2) is 0 Å². The van der Waals surface area contributed by atoms with Crippen molar-refractivity contribution in [3.8, 4) is 0 Å². The number of hydrogen-bond donors (Lipinski definition) is 3. The molecule has 6 aliphatic carbocycles. The molecule has 6 rings (SSSR count). The molecule has 3 N–H and O–H groups in total. The Bertz CT molecular complexity index is 335. The molecule has 0 saturated heterocycles. The second-order valence-corrected chi connectivity index (χ2v) is 8.37. The van der Waals surface area contributed by atoms with Crippen molar-refractivity contribution in [1.29, 1.82) is 0 Å². The van der Waals surface area contributed by atoms with Gasteiger partial charge < -0.3 is 15.3 Å². The topological polar surface area (TPSA) is 60.7 Å². The average Bonchev–Trinajstić information content (AvgIpc) is 2.79. The first-order chi connectivity index (χ1) is 8.87. The van der Waals surface area contributed by atoms with Gasteiger partial charge in [0.15, 0.2) is 0 Å². The third-order valence-corrected chi connectivity index (χ3v) is 6.20. The maximum absolute atomic E-state index is 10.1. The minimum Gasteiger partial charge on any atom is -0.390 e. The van der Waals surface area contributed by atoms with Crippen molar-refractivity contribution in [3.63, 3.8) is 0 Å². The quantitative estimate of drug-likeness (QED) is 0.628. The summed E-state index contributed by atoms with van der Waals surface area (Å²) in [5.41, 5.74) is -2.32. The van der Waals surface area contributed by atoms with Gasteiger partial charge in [0, 0.05) is 19.3 Å². The number of hydrogen-bond acceptors (Lipinski definition) is 3. The number of rotatable bonds is 0. The molecule has 3 heteroatoms. The summed E-state index contributed by atoms with van der Waals surface area (Å²) in [7, 11) is 0. The van der Waals surface area contributed by atoms with Gasteiger partial charge in [-0.3, -0.25) is 0 Å². The molecule has 0 spiro atoms. The SMILES string of the molecule is C1CC2CC2C1.OC12CC3CC(O)(C1)CC(O)(C3)C2. The molecule has 2 unspecified atom stereocenters. The van der Waals surface area contributed by atoms with Gasteiger partial charge in [-0.2, -0.15) is 0 Å². The van der Waals surface area contributed by atoms with Crippen LogP contribution in [0.3, 0.4) is 0 Å². The highest BCUT2D eigenvalue weighted by atomic mass is 16.3. The summed E-state index contributed by atoms with van der Waals surface area (Å²) < 4.78 is 0. The Balaban J connectivity index is 0.000000134. The highest BCUT2D eigenvalue weighted by Crippen LogP contribution is 2.59. The second-order valence-electron chi connectivity index (χ2n) is 8.37. The van der Waals surface area contributed by atoms with Gasteiger partial charge in [0.05, 0.1) is 16.8 Å². The van der Waals surface area contributed by atoms with E-state index in [1.165, 1.54) is 18.3 Å². The van der Waals surface area contributed by atoms with Crippen molar-refractivity contribution in [2.24, 2.45) is 17.8 Å². The lowest BCUT2D eigenvalue weighted by Gasteiger charge is -2.61. The first-order valence-corrected chi connectivity index (χ1v) is 8.04. The lowest BCUT2D eigenvalue weighted by atomic mass is 9.50. The van der Waals surface area contributed by atoms with Crippen LogP contribution in [0.2, 0.25) is 0 Å². The van der Waals surface area contributed by atoms with E-state index in [1.54, 1.807) is 19.3 Å². The molecule has 6 fully saturated rings. The molecule has 0 aromatic rings. The van der Waals surface area contributed by atoms with Crippen molar-refractivity contribution < 1.29 is 15.3 Å². The summed E-state index contributed by atoms with van der Waals surface area (Å²) in [6.45, 7) is 0. The van der Waals surface area contributed by atoms with Crippen LogP contribution >= 0.6 is 0 Å². The monoisotopic (exact) mass is 266 g/mol. The first-order valence-electron chi connectivity index (χ1n) is 8.04. The van der Waals surface area contributed by atoms with Crippen molar-refractivity contribution in [2.45, 2.75) is 81.0 Å². The average molecular weight is 266 g/mol. The summed E-state index contributed by atoms with van der Waals surface area (Å²) in [4.78, 5) is 0. The van der Waals surface area contributed by atoms with Gasteiger partial charge in [-0.1, -0.05) is 19.3 Å². The number of aliphatic hydroxyl groups is 3. The Morgan fingerprint density at radius 2 is 1.11 bits per heavy atom. The molecule has 0 aromatic carbocycles. The maximum Gasteiger partial charge on any atom is 0.0705 e. The van der Waals surface area contributed by atoms with Crippen LogP contribution < -0.4 is 0 Å². The van der Waals surface area contributed by atoms with Crippen molar-refractivity contribution in [1.82, 2.24) is 0 Å². The molecule has 108 valence electrons. The Hall–Kier alpha value is -0.120. The van der Waals surface area contributed by atoms with E-state index in [-0.39, 0.29) is 0 Å². The Morgan fingerprint density at radius 3 is 1.32 bits per heavy atom. The largest absolute Gasteiger partial charge is 0.390 e. The third kappa shape index (κ3) is 2.24. The van der Waals surface area contributed by atoms with E-state index in [0.717, 1.165) is 19.3 Å². The van der Waals surface area contributed by atoms with Crippen molar-refractivity contribution in [3.05, 3.63) is 0 Å². The van der Waals surface area contributed by atoms with Crippen LogP contribution in [0.15, 0.2) is 0 Å². The van der Waals surface area contributed by atoms with E-state index in [0.29, 0.717) is 25.2 Å². The molecular weight excluding hydrogens is 240 g/mol. The van der Waals surface area contributed by atoms with Gasteiger partial charge in [-0.05, 0) is 43.4 Å². The van der Waals surface area contributed by atoms with Crippen molar-refractivity contribution >= 4 is 0 Å².